The molecule has 1 aromatic carbocycles. The first-order valence-corrected chi connectivity index (χ1v) is 6.87. The molecule has 0 radical (unpaired) electrons. The Morgan fingerprint density at radius 2 is 1.62 bits per heavy atom. The van der Waals surface area contributed by atoms with E-state index in [0.717, 1.165) is 0 Å². The molecule has 0 spiro atoms. The van der Waals surface area contributed by atoms with Crippen LogP contribution in [0.25, 0.3) is 0 Å². The highest BCUT2D eigenvalue weighted by Gasteiger charge is 2.37. The molecule has 3 N–H and O–H groups in total. The van der Waals surface area contributed by atoms with Crippen LogP contribution in [-0.2, 0) is 17.1 Å². The first-order chi connectivity index (χ1) is 10.9. The van der Waals surface area contributed by atoms with Gasteiger partial charge in [0.25, 0.3) is 0 Å². The van der Waals surface area contributed by atoms with E-state index in [4.69, 9.17) is 10.5 Å². The van der Waals surface area contributed by atoms with Gasteiger partial charge in [-0.3, -0.25) is 4.79 Å². The molecule has 0 unspecified atom stereocenters. The molecule has 0 aliphatic heterocycles. The van der Waals surface area contributed by atoms with Gasteiger partial charge in [-0.15, -0.1) is 0 Å². The molecule has 10 heteroatoms. The smallest absolute Gasteiger partial charge is 0.416 e. The molecule has 1 atom stereocenters. The summed E-state index contributed by atoms with van der Waals surface area (Å²) in [5, 5.41) is 2.44. The molecule has 1 rings (SSSR count). The zero-order valence-corrected chi connectivity index (χ0v) is 12.6. The molecule has 0 saturated heterocycles. The first-order valence-electron chi connectivity index (χ1n) is 6.87. The molecular formula is C14H16F6N2O2. The third-order valence-electron chi connectivity index (χ3n) is 2.86. The standard InChI is InChI=1S/C14H16F6N2O2/c1-8(21)12(23)22-3-2-4-24-11-6-9(13(15,16)17)5-10(7-11)14(18,19)20/h5-8H,2-4,21H2,1H3,(H,22,23)/t8-/m0/s1. The van der Waals surface area contributed by atoms with Gasteiger partial charge < -0.3 is 15.8 Å². The Hall–Kier alpha value is -1.97. The predicted octanol–water partition coefficient (Wildman–Crippen LogP) is 2.96. The average Bonchev–Trinajstić information content (AvgIpc) is 2.44. The van der Waals surface area contributed by atoms with Crippen molar-refractivity contribution in [3.05, 3.63) is 29.3 Å². The van der Waals surface area contributed by atoms with Crippen LogP contribution in [0.4, 0.5) is 26.3 Å². The zero-order chi connectivity index (χ0) is 18.5. The third-order valence-corrected chi connectivity index (χ3v) is 2.86. The van der Waals surface area contributed by atoms with Gasteiger partial charge in [0.15, 0.2) is 0 Å². The van der Waals surface area contributed by atoms with Crippen molar-refractivity contribution in [1.82, 2.24) is 5.32 Å². The molecule has 0 aromatic heterocycles. The molecule has 0 aliphatic carbocycles. The topological polar surface area (TPSA) is 64.4 Å². The molecule has 24 heavy (non-hydrogen) atoms. The number of ether oxygens (including phenoxy) is 1. The number of halogens is 6. The number of alkyl halides is 6. The summed E-state index contributed by atoms with van der Waals surface area (Å²) in [4.78, 5) is 11.2. The van der Waals surface area contributed by atoms with Gasteiger partial charge in [-0.1, -0.05) is 0 Å². The highest BCUT2D eigenvalue weighted by molar-refractivity contribution is 5.80. The Bertz CT molecular complexity index is 537. The quantitative estimate of drug-likeness (QED) is 0.607. The molecule has 136 valence electrons. The third kappa shape index (κ3) is 6.26. The van der Waals surface area contributed by atoms with Gasteiger partial charge in [0, 0.05) is 6.54 Å². The van der Waals surface area contributed by atoms with Crippen molar-refractivity contribution in [2.75, 3.05) is 13.2 Å². The summed E-state index contributed by atoms with van der Waals surface area (Å²) in [5.74, 6) is -0.968. The lowest BCUT2D eigenvalue weighted by atomic mass is 10.1. The van der Waals surface area contributed by atoms with Crippen molar-refractivity contribution in [1.29, 1.82) is 0 Å². The number of carbonyl (C=O) groups is 1. The SMILES string of the molecule is C[C@H](N)C(=O)NCCCOc1cc(C(F)(F)F)cc(C(F)(F)F)c1. The Labute approximate surface area is 134 Å². The number of hydrogen-bond donors (Lipinski definition) is 2. The van der Waals surface area contributed by atoms with Crippen LogP contribution in [0.15, 0.2) is 18.2 Å². The Kier molecular flexibility index (Phi) is 6.47. The summed E-state index contributed by atoms with van der Waals surface area (Å²) >= 11 is 0. The van der Waals surface area contributed by atoms with Crippen molar-refractivity contribution in [3.63, 3.8) is 0 Å². The molecule has 1 aromatic rings. The van der Waals surface area contributed by atoms with E-state index in [1.165, 1.54) is 6.92 Å². The molecule has 0 saturated carbocycles. The summed E-state index contributed by atoms with van der Waals surface area (Å²) in [5.41, 5.74) is 2.41. The van der Waals surface area contributed by atoms with E-state index in [1.807, 2.05) is 0 Å². The fourth-order valence-electron chi connectivity index (χ4n) is 1.64. The maximum atomic E-state index is 12.7. The molecule has 0 aliphatic rings. The van der Waals surface area contributed by atoms with Crippen LogP contribution in [0.2, 0.25) is 0 Å². The van der Waals surface area contributed by atoms with Gasteiger partial charge in [-0.25, -0.2) is 0 Å². The van der Waals surface area contributed by atoms with Crippen molar-refractivity contribution in [3.8, 4) is 5.75 Å². The summed E-state index contributed by atoms with van der Waals surface area (Å²) in [6.07, 6.45) is -9.66. The van der Waals surface area contributed by atoms with Crippen LogP contribution in [0.1, 0.15) is 24.5 Å². The fraction of sp³-hybridized carbons (Fsp3) is 0.500. The van der Waals surface area contributed by atoms with Gasteiger partial charge in [0.05, 0.1) is 23.8 Å². The van der Waals surface area contributed by atoms with Crippen molar-refractivity contribution in [2.45, 2.75) is 31.7 Å². The van der Waals surface area contributed by atoms with Crippen molar-refractivity contribution in [2.24, 2.45) is 5.73 Å². The van der Waals surface area contributed by atoms with Crippen LogP contribution in [0, 0.1) is 0 Å². The molecule has 0 fully saturated rings. The van der Waals surface area contributed by atoms with Gasteiger partial charge in [0.1, 0.15) is 5.75 Å². The minimum atomic E-state index is -4.93. The van der Waals surface area contributed by atoms with Crippen LogP contribution in [0.5, 0.6) is 5.75 Å². The van der Waals surface area contributed by atoms with E-state index in [2.05, 4.69) is 5.32 Å². The number of carbonyl (C=O) groups excluding carboxylic acids is 1. The summed E-state index contributed by atoms with van der Waals surface area (Å²) in [7, 11) is 0. The number of amides is 1. The van der Waals surface area contributed by atoms with Crippen LogP contribution in [-0.4, -0.2) is 25.1 Å². The average molecular weight is 358 g/mol. The Balaban J connectivity index is 2.72. The number of nitrogens with one attached hydrogen (secondary N) is 1. The zero-order valence-electron chi connectivity index (χ0n) is 12.6. The lowest BCUT2D eigenvalue weighted by Gasteiger charge is -2.15. The van der Waals surface area contributed by atoms with Crippen LogP contribution >= 0.6 is 0 Å². The minimum absolute atomic E-state index is 0.0235. The molecule has 0 heterocycles. The van der Waals surface area contributed by atoms with Gasteiger partial charge >= 0.3 is 12.4 Å². The molecule has 0 bridgehead atoms. The van der Waals surface area contributed by atoms with E-state index in [0.29, 0.717) is 12.1 Å². The normalized spacial score (nSPS) is 13.5. The number of rotatable bonds is 6. The van der Waals surface area contributed by atoms with E-state index in [9.17, 15) is 31.1 Å². The van der Waals surface area contributed by atoms with Crippen LogP contribution in [0.3, 0.4) is 0 Å². The monoisotopic (exact) mass is 358 g/mol. The van der Waals surface area contributed by atoms with Gasteiger partial charge in [-0.05, 0) is 31.5 Å². The predicted molar refractivity (Wildman–Crippen MR) is 73.2 cm³/mol. The van der Waals surface area contributed by atoms with Crippen LogP contribution < -0.4 is 15.8 Å². The summed E-state index contributed by atoms with van der Waals surface area (Å²) in [6.45, 7) is 1.43. The minimum Gasteiger partial charge on any atom is -0.493 e. The van der Waals surface area contributed by atoms with E-state index >= 15 is 0 Å². The summed E-state index contributed by atoms with van der Waals surface area (Å²) in [6, 6.07) is 0.296. The van der Waals surface area contributed by atoms with Gasteiger partial charge in [-0.2, -0.15) is 26.3 Å². The Morgan fingerprint density at radius 1 is 1.12 bits per heavy atom. The fourth-order valence-corrected chi connectivity index (χ4v) is 1.64. The van der Waals surface area contributed by atoms with Crippen molar-refractivity contribution < 1.29 is 35.9 Å². The Morgan fingerprint density at radius 3 is 2.04 bits per heavy atom. The maximum absolute atomic E-state index is 12.7. The van der Waals surface area contributed by atoms with E-state index in [-0.39, 0.29) is 25.6 Å². The number of benzene rings is 1. The van der Waals surface area contributed by atoms with Gasteiger partial charge in [0.2, 0.25) is 5.91 Å². The second-order valence-corrected chi connectivity index (χ2v) is 5.02. The maximum Gasteiger partial charge on any atom is 0.416 e. The lowest BCUT2D eigenvalue weighted by Crippen LogP contribution is -2.38. The second kappa shape index (κ2) is 7.73. The second-order valence-electron chi connectivity index (χ2n) is 5.02. The number of nitrogens with two attached hydrogens (primary N) is 1. The lowest BCUT2D eigenvalue weighted by molar-refractivity contribution is -0.143. The highest BCUT2D eigenvalue weighted by atomic mass is 19.4. The molecule has 4 nitrogen and oxygen atoms in total. The molecule has 1 amide bonds. The van der Waals surface area contributed by atoms with E-state index in [1.54, 1.807) is 0 Å². The largest absolute Gasteiger partial charge is 0.493 e. The first kappa shape index (κ1) is 20.1. The summed E-state index contributed by atoms with van der Waals surface area (Å²) < 4.78 is 80.9. The highest BCUT2D eigenvalue weighted by Crippen LogP contribution is 2.38. The van der Waals surface area contributed by atoms with E-state index < -0.39 is 41.2 Å². The van der Waals surface area contributed by atoms with Crippen molar-refractivity contribution >= 4 is 5.91 Å². The number of hydrogen-bond acceptors (Lipinski definition) is 3. The molecular weight excluding hydrogens is 342 g/mol.